The molecular formula is C22H30N5O5+. The number of aliphatic hydroxyl groups is 1. The zero-order valence-electron chi connectivity index (χ0n) is 18.7. The SMILES string of the molecule is CC(C)OC(=O)[C@H](CCC(=O)C=[N+]=N)NC(=O)[C@@H](O)Cc1c[nH]c2cc(N(C)C)ccc12. The lowest BCUT2D eigenvalue weighted by Gasteiger charge is -2.20. The van der Waals surface area contributed by atoms with Gasteiger partial charge in [-0.05, 0) is 38.0 Å². The third kappa shape index (κ3) is 6.76. The maximum atomic E-state index is 12.6. The van der Waals surface area contributed by atoms with Crippen LogP contribution < -0.4 is 10.2 Å². The molecule has 0 aliphatic heterocycles. The van der Waals surface area contributed by atoms with Gasteiger partial charge < -0.3 is 25.0 Å². The van der Waals surface area contributed by atoms with Crippen LogP contribution in [0.25, 0.3) is 10.9 Å². The Morgan fingerprint density at radius 1 is 1.31 bits per heavy atom. The number of benzene rings is 1. The first-order valence-electron chi connectivity index (χ1n) is 10.3. The number of amides is 1. The lowest BCUT2D eigenvalue weighted by molar-refractivity contribution is -0.152. The summed E-state index contributed by atoms with van der Waals surface area (Å²) in [7, 11) is 3.88. The predicted molar refractivity (Wildman–Crippen MR) is 119 cm³/mol. The minimum atomic E-state index is -1.40. The number of hydrogen-bond donors (Lipinski definition) is 4. The minimum absolute atomic E-state index is 0.0325. The first kappa shape index (κ1) is 24.8. The van der Waals surface area contributed by atoms with Gasteiger partial charge in [0.05, 0.1) is 16.4 Å². The zero-order valence-corrected chi connectivity index (χ0v) is 18.7. The number of carbonyl (C=O) groups is 3. The second-order valence-corrected chi connectivity index (χ2v) is 7.97. The van der Waals surface area contributed by atoms with Crippen molar-refractivity contribution < 1.29 is 29.0 Å². The number of esters is 1. The van der Waals surface area contributed by atoms with E-state index in [9.17, 15) is 19.5 Å². The van der Waals surface area contributed by atoms with Crippen LogP contribution >= 0.6 is 0 Å². The molecule has 0 fully saturated rings. The Morgan fingerprint density at radius 2 is 2.03 bits per heavy atom. The molecule has 10 heteroatoms. The number of hydrogen-bond acceptors (Lipinski definition) is 7. The lowest BCUT2D eigenvalue weighted by atomic mass is 10.0. The van der Waals surface area contributed by atoms with Crippen LogP contribution in [0.1, 0.15) is 32.3 Å². The fraction of sp³-hybridized carbons (Fsp3) is 0.455. The highest BCUT2D eigenvalue weighted by atomic mass is 16.5. The fourth-order valence-electron chi connectivity index (χ4n) is 3.18. The van der Waals surface area contributed by atoms with Gasteiger partial charge in [0.1, 0.15) is 12.1 Å². The van der Waals surface area contributed by atoms with Crippen LogP contribution in [0.3, 0.4) is 0 Å². The first-order chi connectivity index (χ1) is 15.1. The highest BCUT2D eigenvalue weighted by Crippen LogP contribution is 2.24. The number of ketones is 1. The molecule has 0 saturated carbocycles. The molecule has 1 aromatic heterocycles. The second kappa shape index (κ2) is 11.2. The molecule has 2 atom stereocenters. The molecule has 0 bridgehead atoms. The molecule has 0 unspecified atom stereocenters. The maximum Gasteiger partial charge on any atom is 0.372 e. The second-order valence-electron chi connectivity index (χ2n) is 7.97. The van der Waals surface area contributed by atoms with Crippen LogP contribution in [0.5, 0.6) is 0 Å². The van der Waals surface area contributed by atoms with E-state index in [-0.39, 0.29) is 19.3 Å². The third-order valence-electron chi connectivity index (χ3n) is 4.82. The van der Waals surface area contributed by atoms with Gasteiger partial charge >= 0.3 is 12.2 Å². The number of carbonyl (C=O) groups excluding carboxylic acids is 3. The maximum absolute atomic E-state index is 12.6. The van der Waals surface area contributed by atoms with E-state index in [0.29, 0.717) is 0 Å². The van der Waals surface area contributed by atoms with Crippen LogP contribution in [-0.2, 0) is 25.5 Å². The largest absolute Gasteiger partial charge is 0.461 e. The number of fused-ring (bicyclic) bond motifs is 1. The number of aliphatic hydroxyl groups excluding tert-OH is 1. The van der Waals surface area contributed by atoms with E-state index in [2.05, 4.69) is 15.1 Å². The minimum Gasteiger partial charge on any atom is -0.461 e. The molecule has 0 aliphatic rings. The highest BCUT2D eigenvalue weighted by Gasteiger charge is 2.27. The average Bonchev–Trinajstić information content (AvgIpc) is 3.12. The summed E-state index contributed by atoms with van der Waals surface area (Å²) in [5.74, 6) is -1.89. The van der Waals surface area contributed by atoms with E-state index >= 15 is 0 Å². The van der Waals surface area contributed by atoms with E-state index in [1.807, 2.05) is 37.2 Å². The summed E-state index contributed by atoms with van der Waals surface area (Å²) in [5.41, 5.74) is 9.35. The monoisotopic (exact) mass is 444 g/mol. The van der Waals surface area contributed by atoms with Crippen molar-refractivity contribution in [2.75, 3.05) is 19.0 Å². The molecule has 0 aliphatic carbocycles. The Labute approximate surface area is 186 Å². The Balaban J connectivity index is 2.09. The molecule has 2 aromatic rings. The number of Topliss-reactive ketones (excluding diaryl/α,β-unsaturated/α-hetero) is 1. The van der Waals surface area contributed by atoms with Crippen LogP contribution in [0.4, 0.5) is 5.69 Å². The molecule has 2 rings (SSSR count). The quantitative estimate of drug-likeness (QED) is 0.177. The molecule has 4 N–H and O–H groups in total. The Hall–Kier alpha value is -3.49. The number of anilines is 1. The summed E-state index contributed by atoms with van der Waals surface area (Å²) in [5, 5.41) is 13.8. The van der Waals surface area contributed by atoms with E-state index in [1.165, 1.54) is 0 Å². The number of ether oxygens (including phenoxy) is 1. The summed E-state index contributed by atoms with van der Waals surface area (Å²) in [6, 6.07) is 4.73. The first-order valence-corrected chi connectivity index (χ1v) is 10.3. The number of aromatic amines is 1. The van der Waals surface area contributed by atoms with Gasteiger partial charge in [0.15, 0.2) is 0 Å². The Kier molecular flexibility index (Phi) is 8.69. The van der Waals surface area contributed by atoms with Crippen LogP contribution in [0.15, 0.2) is 24.4 Å². The van der Waals surface area contributed by atoms with Gasteiger partial charge in [-0.2, -0.15) is 0 Å². The summed E-state index contributed by atoms with van der Waals surface area (Å²) < 4.78 is 5.15. The van der Waals surface area contributed by atoms with Crippen molar-refractivity contribution in [2.45, 2.75) is 51.4 Å². The van der Waals surface area contributed by atoms with Gasteiger partial charge in [-0.15, -0.1) is 0 Å². The van der Waals surface area contributed by atoms with Gasteiger partial charge in [0.25, 0.3) is 0 Å². The van der Waals surface area contributed by atoms with E-state index < -0.39 is 35.9 Å². The highest BCUT2D eigenvalue weighted by molar-refractivity contribution is 6.25. The smallest absolute Gasteiger partial charge is 0.372 e. The van der Waals surface area contributed by atoms with Crippen molar-refractivity contribution in [1.82, 2.24) is 10.3 Å². The van der Waals surface area contributed by atoms with Crippen molar-refractivity contribution in [3.63, 3.8) is 0 Å². The van der Waals surface area contributed by atoms with Crippen LogP contribution in [0.2, 0.25) is 0 Å². The number of H-pyrrole nitrogens is 1. The van der Waals surface area contributed by atoms with Gasteiger partial charge in [-0.25, -0.2) is 4.79 Å². The van der Waals surface area contributed by atoms with Gasteiger partial charge in [0.2, 0.25) is 11.7 Å². The fourth-order valence-corrected chi connectivity index (χ4v) is 3.18. The van der Waals surface area contributed by atoms with Crippen molar-refractivity contribution in [3.8, 4) is 0 Å². The summed E-state index contributed by atoms with van der Waals surface area (Å²) in [6.45, 7) is 3.34. The molecule has 0 radical (unpaired) electrons. The molecule has 1 aromatic carbocycles. The van der Waals surface area contributed by atoms with Gasteiger partial charge in [0, 0.05) is 49.7 Å². The van der Waals surface area contributed by atoms with Crippen molar-refractivity contribution in [3.05, 3.63) is 30.0 Å². The number of nitrogens with one attached hydrogen (secondary N) is 3. The lowest BCUT2D eigenvalue weighted by Crippen LogP contribution is -2.47. The zero-order chi connectivity index (χ0) is 23.8. The Morgan fingerprint density at radius 3 is 2.66 bits per heavy atom. The number of nitrogens with zero attached hydrogens (tertiary/aromatic N) is 2. The van der Waals surface area contributed by atoms with Gasteiger partial charge in [-0.3, -0.25) is 9.59 Å². The van der Waals surface area contributed by atoms with E-state index in [1.54, 1.807) is 20.0 Å². The van der Waals surface area contributed by atoms with Crippen molar-refractivity contribution >= 4 is 40.5 Å². The molecular weight excluding hydrogens is 414 g/mol. The topological polar surface area (TPSA) is 150 Å². The van der Waals surface area contributed by atoms with Crippen LogP contribution in [0, 0.1) is 5.53 Å². The normalized spacial score (nSPS) is 12.7. The number of rotatable bonds is 11. The molecule has 0 saturated heterocycles. The predicted octanol–water partition coefficient (Wildman–Crippen LogP) is 1.23. The van der Waals surface area contributed by atoms with Gasteiger partial charge in [-0.1, -0.05) is 6.07 Å². The molecule has 0 spiro atoms. The standard InChI is InChI=1S/C22H29N5O5/c1-13(2)32-22(31)18(8-6-16(28)12-25-23)26-21(30)20(29)9-14-11-24-19-10-15(27(3)4)5-7-17(14)19/h5,7,10-13,18,20,23-24,29H,6,8-9H2,1-4H3/p+1/t18-,20-/m0/s1. The van der Waals surface area contributed by atoms with E-state index in [0.717, 1.165) is 28.4 Å². The van der Waals surface area contributed by atoms with Crippen molar-refractivity contribution in [2.24, 2.45) is 0 Å². The molecule has 1 amide bonds. The third-order valence-corrected chi connectivity index (χ3v) is 4.82. The molecule has 10 nitrogen and oxygen atoms in total. The Bertz CT molecular complexity index is 1020. The van der Waals surface area contributed by atoms with Crippen molar-refractivity contribution in [1.29, 1.82) is 5.53 Å². The molecule has 32 heavy (non-hydrogen) atoms. The molecule has 1 heterocycles. The average molecular weight is 445 g/mol. The van der Waals surface area contributed by atoms with Crippen LogP contribution in [-0.4, -0.2) is 71.1 Å². The summed E-state index contributed by atoms with van der Waals surface area (Å²) >= 11 is 0. The molecule has 172 valence electrons. The summed E-state index contributed by atoms with van der Waals surface area (Å²) in [4.78, 5) is 44.6. The summed E-state index contributed by atoms with van der Waals surface area (Å²) in [6.07, 6.45) is 0.675. The van der Waals surface area contributed by atoms with E-state index in [4.69, 9.17) is 10.3 Å². The number of aromatic nitrogens is 1.